The van der Waals surface area contributed by atoms with Gasteiger partial charge in [0.2, 0.25) is 5.91 Å². The number of carbonyl (C=O) groups excluding carboxylic acids is 1. The molecule has 0 atom stereocenters. The molecule has 5 N–H and O–H groups in total. The van der Waals surface area contributed by atoms with E-state index in [9.17, 15) is 4.79 Å². The maximum atomic E-state index is 11.1. The highest BCUT2D eigenvalue weighted by molar-refractivity contribution is 6.33. The van der Waals surface area contributed by atoms with Crippen molar-refractivity contribution in [3.05, 3.63) is 41.0 Å². The lowest BCUT2D eigenvalue weighted by Crippen LogP contribution is -2.10. The predicted octanol–water partition coefficient (Wildman–Crippen LogP) is 1.96. The number of nitrogens with zero attached hydrogens (tertiary/aromatic N) is 2. The molecule has 100 valence electrons. The first-order chi connectivity index (χ1) is 9.54. The number of carbonyl (C=O) groups is 1. The number of H-pyrrole nitrogens is 1. The molecular formula is C13H10ClN5O. The van der Waals surface area contributed by atoms with E-state index in [1.807, 2.05) is 0 Å². The minimum atomic E-state index is -0.544. The molecule has 3 aromatic rings. The third kappa shape index (κ3) is 2.06. The van der Waals surface area contributed by atoms with Crippen LogP contribution in [0.15, 0.2) is 30.5 Å². The van der Waals surface area contributed by atoms with Gasteiger partial charge in [0.25, 0.3) is 0 Å². The number of amides is 1. The van der Waals surface area contributed by atoms with Gasteiger partial charge in [-0.2, -0.15) is 0 Å². The lowest BCUT2D eigenvalue weighted by molar-refractivity contribution is 0.1000. The molecule has 0 bridgehead atoms. The van der Waals surface area contributed by atoms with Gasteiger partial charge in [0.05, 0.1) is 16.1 Å². The first-order valence-electron chi connectivity index (χ1n) is 5.75. The van der Waals surface area contributed by atoms with Crippen molar-refractivity contribution < 1.29 is 4.79 Å². The van der Waals surface area contributed by atoms with Crippen molar-refractivity contribution in [2.45, 2.75) is 0 Å². The smallest absolute Gasteiger partial charge is 0.250 e. The van der Waals surface area contributed by atoms with Gasteiger partial charge < -0.3 is 16.5 Å². The van der Waals surface area contributed by atoms with E-state index in [0.717, 1.165) is 0 Å². The Balaban J connectivity index is 2.17. The number of hydrogen-bond acceptors (Lipinski definition) is 4. The fraction of sp³-hybridized carbons (Fsp3) is 0. The molecule has 0 aliphatic rings. The number of nitrogen functional groups attached to an aromatic ring is 1. The van der Waals surface area contributed by atoms with E-state index >= 15 is 0 Å². The molecule has 0 fully saturated rings. The third-order valence-electron chi connectivity index (χ3n) is 2.87. The molecule has 0 radical (unpaired) electrons. The number of anilines is 1. The number of halogens is 1. The van der Waals surface area contributed by atoms with E-state index in [1.165, 1.54) is 6.20 Å². The van der Waals surface area contributed by atoms with Crippen LogP contribution >= 0.6 is 11.6 Å². The van der Waals surface area contributed by atoms with Crippen molar-refractivity contribution in [2.75, 3.05) is 5.73 Å². The number of aromatic amines is 1. The second-order valence-corrected chi connectivity index (χ2v) is 4.69. The SMILES string of the molecule is NC(=O)c1cnc2nc(-c3cc(N)ccc3Cl)[nH]c2c1. The summed E-state index contributed by atoms with van der Waals surface area (Å²) in [5.74, 6) is -0.0102. The molecule has 0 aliphatic carbocycles. The second-order valence-electron chi connectivity index (χ2n) is 4.28. The summed E-state index contributed by atoms with van der Waals surface area (Å²) >= 11 is 6.13. The van der Waals surface area contributed by atoms with Crippen molar-refractivity contribution in [3.8, 4) is 11.4 Å². The van der Waals surface area contributed by atoms with E-state index in [1.54, 1.807) is 24.3 Å². The van der Waals surface area contributed by atoms with Gasteiger partial charge in [-0.3, -0.25) is 4.79 Å². The van der Waals surface area contributed by atoms with Crippen molar-refractivity contribution in [3.63, 3.8) is 0 Å². The summed E-state index contributed by atoms with van der Waals surface area (Å²) < 4.78 is 0. The number of imidazole rings is 1. The molecule has 1 aromatic carbocycles. The first kappa shape index (κ1) is 12.4. The number of pyridine rings is 1. The van der Waals surface area contributed by atoms with Crippen LogP contribution in [0.5, 0.6) is 0 Å². The molecule has 0 unspecified atom stereocenters. The molecule has 0 saturated carbocycles. The quantitative estimate of drug-likeness (QED) is 0.626. The fourth-order valence-electron chi connectivity index (χ4n) is 1.89. The Morgan fingerprint density at radius 2 is 2.10 bits per heavy atom. The number of primary amides is 1. The standard InChI is InChI=1S/C13H10ClN5O/c14-9-2-1-7(15)4-8(9)12-18-10-3-6(11(16)20)5-17-13(10)19-12/h1-5H,15H2,(H2,16,20)(H,17,18,19). The Morgan fingerprint density at radius 3 is 2.85 bits per heavy atom. The Morgan fingerprint density at radius 1 is 1.30 bits per heavy atom. The number of nitrogens with one attached hydrogen (secondary N) is 1. The van der Waals surface area contributed by atoms with E-state index in [4.69, 9.17) is 23.1 Å². The zero-order chi connectivity index (χ0) is 14.3. The number of nitrogens with two attached hydrogens (primary N) is 2. The molecule has 2 aromatic heterocycles. The van der Waals surface area contributed by atoms with Gasteiger partial charge in [-0.25, -0.2) is 9.97 Å². The van der Waals surface area contributed by atoms with Crippen LogP contribution in [0.1, 0.15) is 10.4 Å². The van der Waals surface area contributed by atoms with E-state index in [2.05, 4.69) is 15.0 Å². The van der Waals surface area contributed by atoms with Gasteiger partial charge in [-0.05, 0) is 24.3 Å². The Bertz CT molecular complexity index is 827. The van der Waals surface area contributed by atoms with Crippen LogP contribution in [0.3, 0.4) is 0 Å². The lowest BCUT2D eigenvalue weighted by atomic mass is 10.2. The van der Waals surface area contributed by atoms with E-state index in [-0.39, 0.29) is 0 Å². The molecular weight excluding hydrogens is 278 g/mol. The summed E-state index contributed by atoms with van der Waals surface area (Å²) in [4.78, 5) is 22.6. The topological polar surface area (TPSA) is 111 Å². The molecule has 20 heavy (non-hydrogen) atoms. The van der Waals surface area contributed by atoms with Crippen LogP contribution < -0.4 is 11.5 Å². The van der Waals surface area contributed by atoms with Gasteiger partial charge in [0.1, 0.15) is 5.82 Å². The minimum absolute atomic E-state index is 0.311. The molecule has 3 rings (SSSR count). The van der Waals surface area contributed by atoms with E-state index in [0.29, 0.717) is 38.8 Å². The van der Waals surface area contributed by atoms with Crippen molar-refractivity contribution in [1.82, 2.24) is 15.0 Å². The average molecular weight is 288 g/mol. The van der Waals surface area contributed by atoms with Gasteiger partial charge >= 0.3 is 0 Å². The third-order valence-corrected chi connectivity index (χ3v) is 3.20. The van der Waals surface area contributed by atoms with Gasteiger partial charge in [0, 0.05) is 17.4 Å². The van der Waals surface area contributed by atoms with Crippen LogP contribution in [0.2, 0.25) is 5.02 Å². The highest BCUT2D eigenvalue weighted by atomic mass is 35.5. The maximum Gasteiger partial charge on any atom is 0.250 e. The number of benzene rings is 1. The fourth-order valence-corrected chi connectivity index (χ4v) is 2.09. The largest absolute Gasteiger partial charge is 0.399 e. The summed E-state index contributed by atoms with van der Waals surface area (Å²) in [7, 11) is 0. The predicted molar refractivity (Wildman–Crippen MR) is 77.3 cm³/mol. The van der Waals surface area contributed by atoms with Crippen molar-refractivity contribution >= 4 is 34.4 Å². The summed E-state index contributed by atoms with van der Waals surface area (Å²) in [6.45, 7) is 0. The minimum Gasteiger partial charge on any atom is -0.399 e. The summed E-state index contributed by atoms with van der Waals surface area (Å²) in [5.41, 5.74) is 13.6. The van der Waals surface area contributed by atoms with Crippen molar-refractivity contribution in [2.24, 2.45) is 5.73 Å². The normalized spacial score (nSPS) is 10.8. The zero-order valence-electron chi connectivity index (χ0n) is 10.2. The van der Waals surface area contributed by atoms with Crippen LogP contribution in [-0.2, 0) is 0 Å². The first-order valence-corrected chi connectivity index (χ1v) is 6.13. The average Bonchev–Trinajstić information content (AvgIpc) is 2.83. The summed E-state index contributed by atoms with van der Waals surface area (Å²) in [6, 6.07) is 6.72. The van der Waals surface area contributed by atoms with Crippen LogP contribution in [0.4, 0.5) is 5.69 Å². The number of fused-ring (bicyclic) bond motifs is 1. The molecule has 7 heteroatoms. The van der Waals surface area contributed by atoms with E-state index < -0.39 is 5.91 Å². The Hall–Kier alpha value is -2.60. The number of rotatable bonds is 2. The number of hydrogen-bond donors (Lipinski definition) is 3. The van der Waals surface area contributed by atoms with Gasteiger partial charge in [-0.15, -0.1) is 0 Å². The Kier molecular flexibility index (Phi) is 2.80. The van der Waals surface area contributed by atoms with Crippen LogP contribution in [0.25, 0.3) is 22.6 Å². The lowest BCUT2D eigenvalue weighted by Gasteiger charge is -2.01. The summed E-state index contributed by atoms with van der Waals surface area (Å²) in [6.07, 6.45) is 1.39. The summed E-state index contributed by atoms with van der Waals surface area (Å²) in [5, 5.41) is 0.522. The molecule has 2 heterocycles. The molecule has 0 saturated heterocycles. The zero-order valence-corrected chi connectivity index (χ0v) is 11.0. The highest BCUT2D eigenvalue weighted by Crippen LogP contribution is 2.29. The van der Waals surface area contributed by atoms with Gasteiger partial charge in [0.15, 0.2) is 5.65 Å². The Labute approximate surface area is 118 Å². The van der Waals surface area contributed by atoms with Crippen LogP contribution in [0, 0.1) is 0 Å². The highest BCUT2D eigenvalue weighted by Gasteiger charge is 2.11. The monoisotopic (exact) mass is 287 g/mol. The second kappa shape index (κ2) is 4.50. The molecule has 0 aliphatic heterocycles. The maximum absolute atomic E-state index is 11.1. The van der Waals surface area contributed by atoms with Gasteiger partial charge in [-0.1, -0.05) is 11.6 Å². The molecule has 6 nitrogen and oxygen atoms in total. The van der Waals surface area contributed by atoms with Crippen LogP contribution in [-0.4, -0.2) is 20.9 Å². The molecule has 0 spiro atoms. The van der Waals surface area contributed by atoms with Crippen molar-refractivity contribution in [1.29, 1.82) is 0 Å². The number of aromatic nitrogens is 3. The molecule has 1 amide bonds.